The molecule has 0 saturated heterocycles. The van der Waals surface area contributed by atoms with Crippen molar-refractivity contribution in [2.45, 2.75) is 32.2 Å². The van der Waals surface area contributed by atoms with Crippen LogP contribution in [-0.4, -0.2) is 36.2 Å². The highest BCUT2D eigenvalue weighted by Crippen LogP contribution is 2.32. The molecule has 0 aliphatic heterocycles. The van der Waals surface area contributed by atoms with Crippen LogP contribution in [0.3, 0.4) is 0 Å². The average Bonchev–Trinajstić information content (AvgIpc) is 3.19. The molecule has 0 bridgehead atoms. The van der Waals surface area contributed by atoms with Crippen LogP contribution in [0.2, 0.25) is 0 Å². The molecule has 30 heavy (non-hydrogen) atoms. The molecule has 6 heteroatoms. The maximum Gasteiger partial charge on any atom is 0.227 e. The number of ether oxygens (including phenoxy) is 2. The molecule has 1 N–H and O–H groups in total. The molecule has 1 heterocycles. The molecule has 1 amide bonds. The minimum Gasteiger partial charge on any atom is -0.493 e. The molecule has 158 valence electrons. The number of imidazole rings is 1. The minimum absolute atomic E-state index is 0.00780. The quantitative estimate of drug-likeness (QED) is 0.520. The second kappa shape index (κ2) is 10.5. The monoisotopic (exact) mass is 407 g/mol. The zero-order valence-corrected chi connectivity index (χ0v) is 17.8. The number of nitrogens with one attached hydrogen (secondary N) is 1. The van der Waals surface area contributed by atoms with Crippen molar-refractivity contribution in [2.75, 3.05) is 20.8 Å². The summed E-state index contributed by atoms with van der Waals surface area (Å²) in [5.74, 6) is 0.961. The first-order valence-corrected chi connectivity index (χ1v) is 10.1. The van der Waals surface area contributed by atoms with Crippen LogP contribution in [0.5, 0.6) is 11.5 Å². The van der Waals surface area contributed by atoms with E-state index in [9.17, 15) is 4.79 Å². The number of hydrogen-bond acceptors (Lipinski definition) is 4. The molecule has 2 aromatic carbocycles. The Morgan fingerprint density at radius 2 is 1.87 bits per heavy atom. The number of aromatic nitrogens is 2. The van der Waals surface area contributed by atoms with Gasteiger partial charge in [0.15, 0.2) is 11.5 Å². The maximum atomic E-state index is 13.1. The number of hydrogen-bond donors (Lipinski definition) is 1. The van der Waals surface area contributed by atoms with Gasteiger partial charge in [-0.15, -0.1) is 0 Å². The third-order valence-electron chi connectivity index (χ3n) is 5.20. The van der Waals surface area contributed by atoms with Crippen molar-refractivity contribution in [3.05, 3.63) is 77.9 Å². The topological polar surface area (TPSA) is 65.4 Å². The first-order chi connectivity index (χ1) is 14.6. The Morgan fingerprint density at radius 3 is 2.53 bits per heavy atom. The van der Waals surface area contributed by atoms with E-state index in [1.54, 1.807) is 14.2 Å². The summed E-state index contributed by atoms with van der Waals surface area (Å²) in [5, 5.41) is 3.10. The van der Waals surface area contributed by atoms with Crippen LogP contribution in [0.25, 0.3) is 0 Å². The smallest absolute Gasteiger partial charge is 0.227 e. The second-order valence-corrected chi connectivity index (χ2v) is 7.23. The summed E-state index contributed by atoms with van der Waals surface area (Å²) in [5.41, 5.74) is 3.13. The van der Waals surface area contributed by atoms with Crippen molar-refractivity contribution in [1.82, 2.24) is 14.9 Å². The number of aryl methyl sites for hydroxylation is 2. The number of amides is 1. The number of carbonyl (C=O) groups is 1. The maximum absolute atomic E-state index is 13.1. The van der Waals surface area contributed by atoms with E-state index in [2.05, 4.69) is 14.9 Å². The first-order valence-electron chi connectivity index (χ1n) is 10.1. The zero-order valence-electron chi connectivity index (χ0n) is 17.8. The van der Waals surface area contributed by atoms with Gasteiger partial charge in [0.2, 0.25) is 5.91 Å². The van der Waals surface area contributed by atoms with Gasteiger partial charge in [-0.3, -0.25) is 4.79 Å². The summed E-state index contributed by atoms with van der Waals surface area (Å²) in [6, 6.07) is 15.7. The van der Waals surface area contributed by atoms with Gasteiger partial charge in [0, 0.05) is 25.0 Å². The van der Waals surface area contributed by atoms with E-state index in [4.69, 9.17) is 9.47 Å². The molecule has 0 aliphatic carbocycles. The molecule has 0 aliphatic rings. The van der Waals surface area contributed by atoms with Gasteiger partial charge in [-0.05, 0) is 43.0 Å². The summed E-state index contributed by atoms with van der Waals surface area (Å²) in [4.78, 5) is 17.3. The highest BCUT2D eigenvalue weighted by atomic mass is 16.5. The summed E-state index contributed by atoms with van der Waals surface area (Å²) in [6.07, 6.45) is 5.11. The normalized spacial score (nSPS) is 11.7. The molecule has 0 spiro atoms. The Labute approximate surface area is 177 Å². The molecule has 6 nitrogen and oxygen atoms in total. The van der Waals surface area contributed by atoms with Gasteiger partial charge in [-0.1, -0.05) is 36.4 Å². The molecule has 0 radical (unpaired) electrons. The van der Waals surface area contributed by atoms with Crippen LogP contribution in [0, 0.1) is 6.92 Å². The third kappa shape index (κ3) is 5.41. The summed E-state index contributed by atoms with van der Waals surface area (Å²) < 4.78 is 12.9. The number of carbonyl (C=O) groups excluding carboxylic acids is 1. The highest BCUT2D eigenvalue weighted by molar-refractivity contribution is 5.84. The van der Waals surface area contributed by atoms with Crippen molar-refractivity contribution in [2.24, 2.45) is 0 Å². The fourth-order valence-corrected chi connectivity index (χ4v) is 3.49. The largest absolute Gasteiger partial charge is 0.493 e. The van der Waals surface area contributed by atoms with Gasteiger partial charge in [-0.25, -0.2) is 4.98 Å². The lowest BCUT2D eigenvalue weighted by molar-refractivity contribution is -0.122. The predicted molar refractivity (Wildman–Crippen MR) is 117 cm³/mol. The van der Waals surface area contributed by atoms with Crippen LogP contribution in [0.15, 0.2) is 61.1 Å². The fourth-order valence-electron chi connectivity index (χ4n) is 3.49. The fraction of sp³-hybridized carbons (Fsp3) is 0.333. The van der Waals surface area contributed by atoms with Crippen LogP contribution in [-0.2, 0) is 17.8 Å². The van der Waals surface area contributed by atoms with Crippen LogP contribution < -0.4 is 14.8 Å². The Bertz CT molecular complexity index is 953. The molecule has 1 atom stereocenters. The van der Waals surface area contributed by atoms with E-state index in [0.717, 1.165) is 29.8 Å². The predicted octanol–water partition coefficient (Wildman–Crippen LogP) is 3.74. The van der Waals surface area contributed by atoms with Crippen molar-refractivity contribution >= 4 is 5.91 Å². The Hall–Kier alpha value is -3.28. The molecule has 3 aromatic rings. The van der Waals surface area contributed by atoms with E-state index in [1.165, 1.54) is 0 Å². The molecule has 1 aromatic heterocycles. The van der Waals surface area contributed by atoms with Gasteiger partial charge < -0.3 is 19.4 Å². The van der Waals surface area contributed by atoms with Crippen molar-refractivity contribution in [3.8, 4) is 11.5 Å². The van der Waals surface area contributed by atoms with Gasteiger partial charge in [-0.2, -0.15) is 0 Å². The van der Waals surface area contributed by atoms with Crippen LogP contribution >= 0.6 is 0 Å². The molecular weight excluding hydrogens is 378 g/mol. The summed E-state index contributed by atoms with van der Waals surface area (Å²) in [6.45, 7) is 3.46. The van der Waals surface area contributed by atoms with Crippen molar-refractivity contribution in [1.29, 1.82) is 0 Å². The molecule has 0 saturated carbocycles. The average molecular weight is 408 g/mol. The molecule has 3 rings (SSSR count). The molecule has 0 fully saturated rings. The molecule has 1 unspecified atom stereocenters. The number of methoxy groups -OCH3 is 2. The Kier molecular flexibility index (Phi) is 7.49. The first kappa shape index (κ1) is 21.4. The van der Waals surface area contributed by atoms with Crippen molar-refractivity contribution < 1.29 is 14.3 Å². The SMILES string of the molecule is COc1ccc(C(Cc2ccccc2)C(=O)NCCCn2cncc2C)cc1OC. The van der Waals surface area contributed by atoms with Crippen LogP contribution in [0.1, 0.15) is 29.2 Å². The lowest BCUT2D eigenvalue weighted by atomic mass is 9.90. The summed E-state index contributed by atoms with van der Waals surface area (Å²) >= 11 is 0. The highest BCUT2D eigenvalue weighted by Gasteiger charge is 2.22. The van der Waals surface area contributed by atoms with E-state index < -0.39 is 0 Å². The number of rotatable bonds is 10. The Morgan fingerprint density at radius 1 is 1.10 bits per heavy atom. The lowest BCUT2D eigenvalue weighted by Crippen LogP contribution is -2.31. The van der Waals surface area contributed by atoms with Gasteiger partial charge >= 0.3 is 0 Å². The van der Waals surface area contributed by atoms with E-state index in [1.807, 2.05) is 68.0 Å². The third-order valence-corrected chi connectivity index (χ3v) is 5.20. The Balaban J connectivity index is 1.72. The number of nitrogens with zero attached hydrogens (tertiary/aromatic N) is 2. The van der Waals surface area contributed by atoms with Gasteiger partial charge in [0.1, 0.15) is 0 Å². The van der Waals surface area contributed by atoms with Crippen LogP contribution in [0.4, 0.5) is 0 Å². The second-order valence-electron chi connectivity index (χ2n) is 7.23. The van der Waals surface area contributed by atoms with E-state index in [-0.39, 0.29) is 11.8 Å². The number of benzene rings is 2. The standard InChI is InChI=1S/C24H29N3O3/c1-18-16-25-17-27(18)13-7-12-26-24(28)21(14-19-8-5-4-6-9-19)20-10-11-22(29-2)23(15-20)30-3/h4-6,8-11,15-17,21H,7,12-14H2,1-3H3,(H,26,28). The van der Waals surface area contributed by atoms with Gasteiger partial charge in [0.05, 0.1) is 26.5 Å². The minimum atomic E-state index is -0.317. The van der Waals surface area contributed by atoms with Crippen molar-refractivity contribution in [3.63, 3.8) is 0 Å². The zero-order chi connectivity index (χ0) is 21.3. The lowest BCUT2D eigenvalue weighted by Gasteiger charge is -2.19. The summed E-state index contributed by atoms with van der Waals surface area (Å²) in [7, 11) is 3.21. The molecular formula is C24H29N3O3. The van der Waals surface area contributed by atoms with E-state index >= 15 is 0 Å². The van der Waals surface area contributed by atoms with Gasteiger partial charge in [0.25, 0.3) is 0 Å². The van der Waals surface area contributed by atoms with E-state index in [0.29, 0.717) is 24.5 Å².